The Morgan fingerprint density at radius 1 is 1.30 bits per heavy atom. The number of pyridine rings is 1. The van der Waals surface area contributed by atoms with Crippen LogP contribution in [0.2, 0.25) is 0 Å². The molecule has 0 saturated carbocycles. The van der Waals surface area contributed by atoms with E-state index in [1.54, 1.807) is 0 Å². The maximum absolute atomic E-state index is 4.73. The van der Waals surface area contributed by atoms with Crippen LogP contribution in [0.4, 0.5) is 5.82 Å². The smallest absolute Gasteiger partial charge is 0.128 e. The molecule has 0 bridgehead atoms. The molecule has 1 aliphatic heterocycles. The van der Waals surface area contributed by atoms with E-state index in [0.29, 0.717) is 12.1 Å². The Kier molecular flexibility index (Phi) is 5.84. The number of anilines is 1. The number of rotatable bonds is 5. The van der Waals surface area contributed by atoms with Crippen LogP contribution in [-0.2, 0) is 0 Å². The zero-order chi connectivity index (χ0) is 14.4. The quantitative estimate of drug-likeness (QED) is 0.883. The van der Waals surface area contributed by atoms with Crippen LogP contribution < -0.4 is 10.2 Å². The fraction of sp³-hybridized carbons (Fsp3) is 0.706. The van der Waals surface area contributed by atoms with Crippen LogP contribution in [0, 0.1) is 0 Å². The van der Waals surface area contributed by atoms with E-state index in [4.69, 9.17) is 4.98 Å². The van der Waals surface area contributed by atoms with Crippen molar-refractivity contribution in [3.63, 3.8) is 0 Å². The zero-order valence-corrected chi connectivity index (χ0v) is 13.2. The van der Waals surface area contributed by atoms with Gasteiger partial charge in [-0.3, -0.25) is 0 Å². The van der Waals surface area contributed by atoms with Crippen LogP contribution in [0.25, 0.3) is 0 Å². The largest absolute Gasteiger partial charge is 0.354 e. The molecule has 0 spiro atoms. The molecule has 0 amide bonds. The molecule has 3 nitrogen and oxygen atoms in total. The number of hydrogen-bond donors (Lipinski definition) is 1. The fourth-order valence-corrected chi connectivity index (χ4v) is 3.15. The van der Waals surface area contributed by atoms with Crippen molar-refractivity contribution in [1.29, 1.82) is 0 Å². The van der Waals surface area contributed by atoms with Crippen molar-refractivity contribution in [2.75, 3.05) is 18.0 Å². The van der Waals surface area contributed by atoms with Crippen LogP contribution >= 0.6 is 0 Å². The van der Waals surface area contributed by atoms with Gasteiger partial charge in [0.05, 0.1) is 0 Å². The molecule has 1 aromatic rings. The third-order valence-electron chi connectivity index (χ3n) is 4.42. The first-order chi connectivity index (χ1) is 9.76. The molecule has 1 fully saturated rings. The van der Waals surface area contributed by atoms with Crippen molar-refractivity contribution in [3.8, 4) is 0 Å². The molecule has 2 rings (SSSR count). The summed E-state index contributed by atoms with van der Waals surface area (Å²) in [5, 5.41) is 3.44. The van der Waals surface area contributed by atoms with Gasteiger partial charge >= 0.3 is 0 Å². The summed E-state index contributed by atoms with van der Waals surface area (Å²) in [5.41, 5.74) is 1.28. The van der Waals surface area contributed by atoms with Crippen LogP contribution in [0.15, 0.2) is 18.3 Å². The maximum Gasteiger partial charge on any atom is 0.128 e. The topological polar surface area (TPSA) is 28.2 Å². The minimum atomic E-state index is 0.382. The summed E-state index contributed by atoms with van der Waals surface area (Å²) in [6.45, 7) is 8.79. The number of nitrogens with zero attached hydrogens (tertiary/aromatic N) is 2. The van der Waals surface area contributed by atoms with E-state index in [1.165, 1.54) is 37.7 Å². The van der Waals surface area contributed by atoms with E-state index in [9.17, 15) is 0 Å². The van der Waals surface area contributed by atoms with Crippen molar-refractivity contribution in [3.05, 3.63) is 23.9 Å². The Hall–Kier alpha value is -1.09. The van der Waals surface area contributed by atoms with E-state index < -0.39 is 0 Å². The molecular weight excluding hydrogens is 246 g/mol. The summed E-state index contributed by atoms with van der Waals surface area (Å²) in [4.78, 5) is 7.25. The summed E-state index contributed by atoms with van der Waals surface area (Å²) in [7, 11) is 0. The second kappa shape index (κ2) is 7.63. The van der Waals surface area contributed by atoms with Gasteiger partial charge in [-0.15, -0.1) is 0 Å². The standard InChI is InChI=1S/C17H29N3/c1-4-16-9-7-6-8-12-20(16)17-11-10-15(13-19-17)14(3)18-5-2/h10-11,13-14,16,18H,4-9,12H2,1-3H3. The molecule has 1 aliphatic rings. The average molecular weight is 275 g/mol. The Balaban J connectivity index is 2.11. The third-order valence-corrected chi connectivity index (χ3v) is 4.42. The highest BCUT2D eigenvalue weighted by atomic mass is 15.2. The van der Waals surface area contributed by atoms with Gasteiger partial charge in [-0.2, -0.15) is 0 Å². The second-order valence-electron chi connectivity index (χ2n) is 5.83. The van der Waals surface area contributed by atoms with E-state index >= 15 is 0 Å². The van der Waals surface area contributed by atoms with E-state index in [-0.39, 0.29) is 0 Å². The highest BCUT2D eigenvalue weighted by Gasteiger charge is 2.20. The molecule has 1 aromatic heterocycles. The fourth-order valence-electron chi connectivity index (χ4n) is 3.15. The van der Waals surface area contributed by atoms with E-state index in [2.05, 4.69) is 43.1 Å². The Morgan fingerprint density at radius 2 is 2.15 bits per heavy atom. The van der Waals surface area contributed by atoms with Crippen molar-refractivity contribution < 1.29 is 0 Å². The van der Waals surface area contributed by atoms with Crippen LogP contribution in [0.1, 0.15) is 64.5 Å². The molecule has 0 aliphatic carbocycles. The van der Waals surface area contributed by atoms with Crippen molar-refractivity contribution in [2.45, 2.75) is 65.0 Å². The minimum absolute atomic E-state index is 0.382. The first-order valence-corrected chi connectivity index (χ1v) is 8.22. The molecular formula is C17H29N3. The predicted octanol–water partition coefficient (Wildman–Crippen LogP) is 3.91. The lowest BCUT2D eigenvalue weighted by atomic mass is 10.1. The number of nitrogens with one attached hydrogen (secondary N) is 1. The molecule has 2 atom stereocenters. The lowest BCUT2D eigenvalue weighted by molar-refractivity contribution is 0.551. The highest BCUT2D eigenvalue weighted by Crippen LogP contribution is 2.25. The number of hydrogen-bond acceptors (Lipinski definition) is 3. The molecule has 1 N–H and O–H groups in total. The van der Waals surface area contributed by atoms with Gasteiger partial charge in [0.1, 0.15) is 5.82 Å². The summed E-state index contributed by atoms with van der Waals surface area (Å²) in [6.07, 6.45) is 8.60. The molecule has 112 valence electrons. The van der Waals surface area contributed by atoms with Gasteiger partial charge in [-0.1, -0.05) is 32.8 Å². The lowest BCUT2D eigenvalue weighted by Crippen LogP contribution is -2.35. The third kappa shape index (κ3) is 3.72. The SMILES string of the molecule is CCNC(C)c1ccc(N2CCCCCC2CC)nc1. The molecule has 0 radical (unpaired) electrons. The van der Waals surface area contributed by atoms with Crippen molar-refractivity contribution in [2.24, 2.45) is 0 Å². The molecule has 3 heteroatoms. The minimum Gasteiger partial charge on any atom is -0.354 e. The Morgan fingerprint density at radius 3 is 2.80 bits per heavy atom. The molecule has 20 heavy (non-hydrogen) atoms. The van der Waals surface area contributed by atoms with Gasteiger partial charge < -0.3 is 10.2 Å². The van der Waals surface area contributed by atoms with Gasteiger partial charge in [0.15, 0.2) is 0 Å². The summed E-state index contributed by atoms with van der Waals surface area (Å²) in [6, 6.07) is 5.49. The van der Waals surface area contributed by atoms with Crippen LogP contribution in [-0.4, -0.2) is 24.1 Å². The number of aromatic nitrogens is 1. The Labute approximate surface area is 123 Å². The molecule has 1 saturated heterocycles. The van der Waals surface area contributed by atoms with Gasteiger partial charge in [-0.05, 0) is 44.4 Å². The van der Waals surface area contributed by atoms with Crippen LogP contribution in [0.5, 0.6) is 0 Å². The first kappa shape index (κ1) is 15.3. The van der Waals surface area contributed by atoms with Crippen molar-refractivity contribution >= 4 is 5.82 Å². The summed E-state index contributed by atoms with van der Waals surface area (Å²) in [5.74, 6) is 1.16. The van der Waals surface area contributed by atoms with Gasteiger partial charge in [0.25, 0.3) is 0 Å². The molecule has 2 heterocycles. The van der Waals surface area contributed by atoms with Crippen molar-refractivity contribution in [1.82, 2.24) is 10.3 Å². The maximum atomic E-state index is 4.73. The van der Waals surface area contributed by atoms with Gasteiger partial charge in [0.2, 0.25) is 0 Å². The normalized spacial score (nSPS) is 21.6. The van der Waals surface area contributed by atoms with Gasteiger partial charge in [-0.25, -0.2) is 4.98 Å². The highest BCUT2D eigenvalue weighted by molar-refractivity contribution is 5.41. The average Bonchev–Trinajstić information content (AvgIpc) is 2.72. The predicted molar refractivity (Wildman–Crippen MR) is 86.2 cm³/mol. The van der Waals surface area contributed by atoms with E-state index in [1.807, 2.05) is 6.20 Å². The monoisotopic (exact) mass is 275 g/mol. The second-order valence-corrected chi connectivity index (χ2v) is 5.83. The van der Waals surface area contributed by atoms with Gasteiger partial charge in [0, 0.05) is 24.8 Å². The summed E-state index contributed by atoms with van der Waals surface area (Å²) >= 11 is 0. The van der Waals surface area contributed by atoms with Crippen LogP contribution in [0.3, 0.4) is 0 Å². The zero-order valence-electron chi connectivity index (χ0n) is 13.2. The molecule has 2 unspecified atom stereocenters. The Bertz CT molecular complexity index is 388. The first-order valence-electron chi connectivity index (χ1n) is 8.22. The van der Waals surface area contributed by atoms with E-state index in [0.717, 1.165) is 18.9 Å². The lowest BCUT2D eigenvalue weighted by Gasteiger charge is -2.30. The summed E-state index contributed by atoms with van der Waals surface area (Å²) < 4.78 is 0. The molecule has 0 aromatic carbocycles.